The van der Waals surface area contributed by atoms with Crippen molar-refractivity contribution in [3.05, 3.63) is 87.4 Å². The van der Waals surface area contributed by atoms with E-state index in [4.69, 9.17) is 37.4 Å². The summed E-state index contributed by atoms with van der Waals surface area (Å²) in [6, 6.07) is 12.2. The highest BCUT2D eigenvalue weighted by atomic mass is 35.5. The van der Waals surface area contributed by atoms with Crippen LogP contribution in [0.15, 0.2) is 54.9 Å². The normalized spacial score (nSPS) is 18.7. The summed E-state index contributed by atoms with van der Waals surface area (Å²) < 4.78 is 23.1. The SMILES string of the molecule is COC(=O)c1ncn([C@H]2C[C@H](OC(=O)c3ccc(Cl)cc3)[C@@H](COC(=O)c3ccc(Cl)cc3)O2)c1C=O. The fourth-order valence-electron chi connectivity index (χ4n) is 3.73. The molecule has 2 aromatic carbocycles. The molecule has 3 atom stereocenters. The van der Waals surface area contributed by atoms with E-state index in [1.54, 1.807) is 24.3 Å². The zero-order valence-electron chi connectivity index (χ0n) is 19.3. The third-order valence-electron chi connectivity index (χ3n) is 5.61. The standard InChI is InChI=1S/C25H20Cl2N2O8/c1-34-25(33)22-18(11-30)29(13-28-22)21-10-19(37-24(32)15-4-8-17(27)9-5-15)20(36-21)12-35-23(31)14-2-6-16(26)7-3-14/h2-9,11,13,19-21H,10,12H2,1H3/t19-,20+,21+/m0/s1. The third-order valence-corrected chi connectivity index (χ3v) is 6.11. The lowest BCUT2D eigenvalue weighted by Gasteiger charge is -2.19. The van der Waals surface area contributed by atoms with Crippen molar-refractivity contribution in [2.24, 2.45) is 0 Å². The molecule has 0 saturated carbocycles. The fourth-order valence-corrected chi connectivity index (χ4v) is 3.99. The molecule has 0 radical (unpaired) electrons. The zero-order valence-corrected chi connectivity index (χ0v) is 20.8. The van der Waals surface area contributed by atoms with Crippen LogP contribution in [0.2, 0.25) is 10.0 Å². The number of nitrogens with zero attached hydrogens (tertiary/aromatic N) is 2. The van der Waals surface area contributed by atoms with Crippen molar-refractivity contribution >= 4 is 47.4 Å². The molecular weight excluding hydrogens is 527 g/mol. The Morgan fingerprint density at radius 3 is 2.16 bits per heavy atom. The summed E-state index contributed by atoms with van der Waals surface area (Å²) in [5.41, 5.74) is 0.273. The minimum Gasteiger partial charge on any atom is -0.464 e. The molecular formula is C25H20Cl2N2O8. The van der Waals surface area contributed by atoms with E-state index in [0.29, 0.717) is 16.3 Å². The summed E-state index contributed by atoms with van der Waals surface area (Å²) in [5, 5.41) is 0.918. The molecule has 12 heteroatoms. The van der Waals surface area contributed by atoms with Gasteiger partial charge in [0.1, 0.15) is 30.7 Å². The quantitative estimate of drug-likeness (QED) is 0.232. The molecule has 37 heavy (non-hydrogen) atoms. The maximum atomic E-state index is 12.8. The summed E-state index contributed by atoms with van der Waals surface area (Å²) in [7, 11) is 1.17. The molecule has 0 N–H and O–H groups in total. The van der Waals surface area contributed by atoms with Gasteiger partial charge < -0.3 is 23.5 Å². The Morgan fingerprint density at radius 2 is 1.59 bits per heavy atom. The molecule has 0 amide bonds. The Labute approximate surface area is 221 Å². The average Bonchev–Trinajstić information content (AvgIpc) is 3.51. The number of carbonyl (C=O) groups excluding carboxylic acids is 4. The van der Waals surface area contributed by atoms with Gasteiger partial charge in [0, 0.05) is 16.5 Å². The van der Waals surface area contributed by atoms with Crippen LogP contribution in [0.25, 0.3) is 0 Å². The van der Waals surface area contributed by atoms with Crippen molar-refractivity contribution in [1.29, 1.82) is 0 Å². The number of carbonyl (C=O) groups is 4. The lowest BCUT2D eigenvalue weighted by molar-refractivity contribution is -0.0573. The Hall–Kier alpha value is -3.73. The molecule has 192 valence electrons. The Balaban J connectivity index is 1.54. The number of aldehydes is 1. The van der Waals surface area contributed by atoms with Gasteiger partial charge in [-0.25, -0.2) is 19.4 Å². The summed E-state index contributed by atoms with van der Waals surface area (Å²) in [6.07, 6.45) is -0.823. The van der Waals surface area contributed by atoms with Crippen molar-refractivity contribution in [1.82, 2.24) is 9.55 Å². The first-order valence-electron chi connectivity index (χ1n) is 11.0. The van der Waals surface area contributed by atoms with Crippen LogP contribution in [-0.4, -0.2) is 59.7 Å². The van der Waals surface area contributed by atoms with Gasteiger partial charge in [0.05, 0.1) is 24.6 Å². The lowest BCUT2D eigenvalue weighted by Crippen LogP contribution is -2.32. The number of hydrogen-bond donors (Lipinski definition) is 0. The second kappa shape index (κ2) is 11.5. The van der Waals surface area contributed by atoms with Crippen molar-refractivity contribution in [2.45, 2.75) is 24.9 Å². The topological polar surface area (TPSA) is 123 Å². The van der Waals surface area contributed by atoms with Gasteiger partial charge in [-0.05, 0) is 48.5 Å². The number of hydrogen-bond acceptors (Lipinski definition) is 9. The number of ether oxygens (including phenoxy) is 4. The minimum absolute atomic E-state index is 0.0709. The van der Waals surface area contributed by atoms with E-state index in [-0.39, 0.29) is 35.5 Å². The van der Waals surface area contributed by atoms with E-state index in [9.17, 15) is 19.2 Å². The number of imidazole rings is 1. The van der Waals surface area contributed by atoms with Gasteiger partial charge in [-0.3, -0.25) is 4.79 Å². The van der Waals surface area contributed by atoms with Crippen LogP contribution < -0.4 is 0 Å². The molecule has 1 aliphatic rings. The molecule has 1 aromatic heterocycles. The Morgan fingerprint density at radius 1 is 1.00 bits per heavy atom. The zero-order chi connectivity index (χ0) is 26.5. The summed E-state index contributed by atoms with van der Waals surface area (Å²) in [6.45, 7) is -0.258. The number of benzene rings is 2. The van der Waals surface area contributed by atoms with Crippen molar-refractivity contribution in [2.75, 3.05) is 13.7 Å². The van der Waals surface area contributed by atoms with Gasteiger partial charge in [-0.1, -0.05) is 23.2 Å². The minimum atomic E-state index is -0.888. The molecule has 10 nitrogen and oxygen atoms in total. The molecule has 1 saturated heterocycles. The van der Waals surface area contributed by atoms with Gasteiger partial charge in [-0.15, -0.1) is 0 Å². The predicted octanol–water partition coefficient (Wildman–Crippen LogP) is 4.16. The molecule has 0 spiro atoms. The van der Waals surface area contributed by atoms with E-state index in [0.717, 1.165) is 0 Å². The largest absolute Gasteiger partial charge is 0.464 e. The van der Waals surface area contributed by atoms with Gasteiger partial charge in [0.15, 0.2) is 12.0 Å². The highest BCUT2D eigenvalue weighted by Gasteiger charge is 2.41. The van der Waals surface area contributed by atoms with Crippen LogP contribution in [0.1, 0.15) is 54.3 Å². The first kappa shape index (κ1) is 26.3. The van der Waals surface area contributed by atoms with Crippen LogP contribution >= 0.6 is 23.2 Å². The third kappa shape index (κ3) is 5.99. The van der Waals surface area contributed by atoms with Gasteiger partial charge in [-0.2, -0.15) is 0 Å². The fraction of sp³-hybridized carbons (Fsp3) is 0.240. The van der Waals surface area contributed by atoms with Crippen LogP contribution in [0.5, 0.6) is 0 Å². The number of rotatable bonds is 8. The van der Waals surface area contributed by atoms with Crippen molar-refractivity contribution in [3.8, 4) is 0 Å². The van der Waals surface area contributed by atoms with Crippen LogP contribution in [0.4, 0.5) is 0 Å². The van der Waals surface area contributed by atoms with E-state index >= 15 is 0 Å². The maximum absolute atomic E-state index is 12.8. The second-order valence-corrected chi connectivity index (χ2v) is 8.79. The van der Waals surface area contributed by atoms with Crippen LogP contribution in [0, 0.1) is 0 Å². The summed E-state index contributed by atoms with van der Waals surface area (Å²) in [4.78, 5) is 52.9. The number of aromatic nitrogens is 2. The van der Waals surface area contributed by atoms with Crippen LogP contribution in [-0.2, 0) is 18.9 Å². The van der Waals surface area contributed by atoms with Gasteiger partial charge in [0.2, 0.25) is 0 Å². The Bertz CT molecular complexity index is 1310. The summed E-state index contributed by atoms with van der Waals surface area (Å²) in [5.74, 6) is -2.06. The molecule has 0 unspecified atom stereocenters. The van der Waals surface area contributed by atoms with E-state index in [2.05, 4.69) is 9.72 Å². The van der Waals surface area contributed by atoms with E-state index in [1.807, 2.05) is 0 Å². The monoisotopic (exact) mass is 546 g/mol. The van der Waals surface area contributed by atoms with E-state index in [1.165, 1.54) is 42.3 Å². The smallest absolute Gasteiger partial charge is 0.359 e. The predicted molar refractivity (Wildman–Crippen MR) is 130 cm³/mol. The lowest BCUT2D eigenvalue weighted by atomic mass is 10.1. The number of methoxy groups -OCH3 is 1. The van der Waals surface area contributed by atoms with Gasteiger partial charge in [0.25, 0.3) is 0 Å². The van der Waals surface area contributed by atoms with Crippen molar-refractivity contribution < 1.29 is 38.1 Å². The molecule has 0 aliphatic carbocycles. The Kier molecular flexibility index (Phi) is 8.22. The first-order valence-corrected chi connectivity index (χ1v) is 11.7. The average molecular weight is 547 g/mol. The molecule has 2 heterocycles. The highest BCUT2D eigenvalue weighted by Crippen LogP contribution is 2.33. The van der Waals surface area contributed by atoms with Gasteiger partial charge >= 0.3 is 17.9 Å². The van der Waals surface area contributed by atoms with Crippen molar-refractivity contribution in [3.63, 3.8) is 0 Å². The second-order valence-electron chi connectivity index (χ2n) is 7.92. The number of halogens is 2. The van der Waals surface area contributed by atoms with E-state index < -0.39 is 36.3 Å². The molecule has 1 aliphatic heterocycles. The highest BCUT2D eigenvalue weighted by molar-refractivity contribution is 6.31. The summed E-state index contributed by atoms with van der Waals surface area (Å²) >= 11 is 11.8. The molecule has 3 aromatic rings. The van der Waals surface area contributed by atoms with Crippen LogP contribution in [0.3, 0.4) is 0 Å². The molecule has 1 fully saturated rings. The molecule has 4 rings (SSSR count). The maximum Gasteiger partial charge on any atom is 0.359 e. The first-order chi connectivity index (χ1) is 17.8. The molecule has 0 bridgehead atoms. The number of esters is 3.